The molecule has 17 heteroatoms. The van der Waals surface area contributed by atoms with Crippen molar-refractivity contribution in [3.05, 3.63) is 42.5 Å². The molecule has 290 valence electrons. The van der Waals surface area contributed by atoms with Gasteiger partial charge in [0.2, 0.25) is 35.4 Å². The maximum absolute atomic E-state index is 13.4. The molecule has 1 rings (SSSR count). The van der Waals surface area contributed by atoms with Crippen LogP contribution in [0.15, 0.2) is 36.9 Å². The van der Waals surface area contributed by atoms with Crippen LogP contribution >= 0.6 is 0 Å². The second-order valence-electron chi connectivity index (χ2n) is 12.8. The lowest BCUT2D eigenvalue weighted by Gasteiger charge is -2.26. The number of carbonyl (C=O) groups is 7. The predicted octanol–water partition coefficient (Wildman–Crippen LogP) is -1.25. The topological polar surface area (TPSA) is 287 Å². The fourth-order valence-corrected chi connectivity index (χ4v) is 4.79. The minimum absolute atomic E-state index is 0.0134. The number of unbranched alkanes of at least 4 members (excludes halogenated alkanes) is 1. The monoisotopic (exact) mass is 732 g/mol. The highest BCUT2D eigenvalue weighted by Gasteiger charge is 2.32. The summed E-state index contributed by atoms with van der Waals surface area (Å²) in [4.78, 5) is 90.6. The number of nitrogens with two attached hydrogens (primary N) is 3. The van der Waals surface area contributed by atoms with Crippen molar-refractivity contribution in [2.24, 2.45) is 29.0 Å². The molecule has 1 aromatic rings. The van der Waals surface area contributed by atoms with Crippen molar-refractivity contribution in [3.63, 3.8) is 0 Å². The molecular formula is C35H56N8O9. The van der Waals surface area contributed by atoms with Gasteiger partial charge in [-0.1, -0.05) is 58.9 Å². The summed E-state index contributed by atoms with van der Waals surface area (Å²) in [5.41, 5.74) is 17.6. The molecule has 6 atom stereocenters. The Morgan fingerprint density at radius 3 is 2.04 bits per heavy atom. The zero-order chi connectivity index (χ0) is 39.4. The van der Waals surface area contributed by atoms with Gasteiger partial charge in [0.15, 0.2) is 0 Å². The lowest BCUT2D eigenvalue weighted by Crippen LogP contribution is -2.58. The molecule has 0 saturated carbocycles. The number of carbonyl (C=O) groups excluding carboxylic acids is 7. The summed E-state index contributed by atoms with van der Waals surface area (Å²) < 4.78 is 5.00. The molecule has 0 unspecified atom stereocenters. The fraction of sp³-hybridized carbons (Fsp3) is 0.571. The van der Waals surface area contributed by atoms with Crippen LogP contribution in [0.4, 0.5) is 0 Å². The standard InChI is InChI=1S/C35H56N8O9/c1-6-16-52-28(46)18-26(42-33(49)24(10-8-9-15-36)41-35(51)29(37)20(3)4)32(48)39-19-27(45)40-25(17-22-11-13-23(44)14-12-22)34(50)43-30(31(38)47)21(5)7-2/h6,11-14,20-21,24-26,29-30,44H,1,7-10,15-19,36-37H2,2-5H3,(H2,38,47)(H,39,48)(H,40,45)(H,41,51)(H,42,49)(H,43,50)/t21-,24-,25-,26-,29-,30-/m0/s1. The fourth-order valence-electron chi connectivity index (χ4n) is 4.79. The Balaban J connectivity index is 3.19. The number of benzene rings is 1. The van der Waals surface area contributed by atoms with E-state index >= 15 is 0 Å². The van der Waals surface area contributed by atoms with E-state index in [9.17, 15) is 38.7 Å². The van der Waals surface area contributed by atoms with Crippen LogP contribution in [0.3, 0.4) is 0 Å². The molecule has 0 bridgehead atoms. The maximum Gasteiger partial charge on any atom is 0.308 e. The number of rotatable bonds is 24. The number of phenolic OH excluding ortho intramolecular Hbond substituents is 1. The Hall–Kier alpha value is -5.03. The van der Waals surface area contributed by atoms with Crippen molar-refractivity contribution in [3.8, 4) is 5.75 Å². The van der Waals surface area contributed by atoms with Crippen molar-refractivity contribution < 1.29 is 43.4 Å². The van der Waals surface area contributed by atoms with Gasteiger partial charge in [-0.3, -0.25) is 33.6 Å². The number of ether oxygens (including phenoxy) is 1. The van der Waals surface area contributed by atoms with Crippen LogP contribution < -0.4 is 43.8 Å². The summed E-state index contributed by atoms with van der Waals surface area (Å²) in [5, 5.41) is 22.2. The number of hydrogen-bond donors (Lipinski definition) is 9. The quantitative estimate of drug-likeness (QED) is 0.0344. The average molecular weight is 733 g/mol. The highest BCUT2D eigenvalue weighted by atomic mass is 16.5. The number of aromatic hydroxyl groups is 1. The molecule has 17 nitrogen and oxygen atoms in total. The Kier molecular flexibility index (Phi) is 20.3. The number of primary amides is 1. The van der Waals surface area contributed by atoms with Gasteiger partial charge in [-0.2, -0.15) is 0 Å². The van der Waals surface area contributed by atoms with Crippen molar-refractivity contribution in [2.75, 3.05) is 19.7 Å². The van der Waals surface area contributed by atoms with Crippen LogP contribution in [0.2, 0.25) is 0 Å². The van der Waals surface area contributed by atoms with Crippen LogP contribution in [-0.2, 0) is 44.7 Å². The summed E-state index contributed by atoms with van der Waals surface area (Å²) in [6.07, 6.45) is 2.34. The van der Waals surface area contributed by atoms with Crippen LogP contribution in [-0.4, -0.2) is 96.4 Å². The molecule has 0 aliphatic heterocycles. The van der Waals surface area contributed by atoms with Gasteiger partial charge in [0.05, 0.1) is 19.0 Å². The maximum atomic E-state index is 13.4. The number of phenols is 1. The lowest BCUT2D eigenvalue weighted by molar-refractivity contribution is -0.145. The minimum Gasteiger partial charge on any atom is -0.508 e. The third kappa shape index (κ3) is 16.3. The first-order valence-electron chi connectivity index (χ1n) is 17.3. The number of nitrogens with one attached hydrogen (secondary N) is 5. The zero-order valence-corrected chi connectivity index (χ0v) is 30.4. The SMILES string of the molecule is C=CCOC(=O)C[C@H](NC(=O)[C@H](CCCCN)NC(=O)[C@@H](N)C(C)C)C(=O)NCC(=O)N[C@@H](Cc1ccc(O)cc1)C(=O)N[C@H](C(N)=O)[C@@H](C)CC. The molecule has 0 heterocycles. The Morgan fingerprint density at radius 1 is 0.865 bits per heavy atom. The third-order valence-electron chi connectivity index (χ3n) is 8.24. The predicted molar refractivity (Wildman–Crippen MR) is 193 cm³/mol. The van der Waals surface area contributed by atoms with Crippen molar-refractivity contribution in [1.82, 2.24) is 26.6 Å². The molecule has 1 aromatic carbocycles. The molecule has 52 heavy (non-hydrogen) atoms. The van der Waals surface area contributed by atoms with Crippen LogP contribution in [0.1, 0.15) is 65.4 Å². The van der Waals surface area contributed by atoms with Gasteiger partial charge in [-0.25, -0.2) is 0 Å². The van der Waals surface area contributed by atoms with E-state index in [1.807, 2.05) is 6.92 Å². The number of hydrogen-bond acceptors (Lipinski definition) is 11. The van der Waals surface area contributed by atoms with Crippen molar-refractivity contribution in [1.29, 1.82) is 0 Å². The van der Waals surface area contributed by atoms with E-state index in [0.717, 1.165) is 0 Å². The van der Waals surface area contributed by atoms with Crippen LogP contribution in [0.25, 0.3) is 0 Å². The first-order chi connectivity index (χ1) is 24.5. The molecule has 0 spiro atoms. The summed E-state index contributed by atoms with van der Waals surface area (Å²) in [5.74, 6) is -5.99. The molecule has 12 N–H and O–H groups in total. The van der Waals surface area contributed by atoms with E-state index in [1.165, 1.54) is 18.2 Å². The molecule has 0 radical (unpaired) electrons. The van der Waals surface area contributed by atoms with Gasteiger partial charge in [-0.05, 0) is 55.3 Å². The van der Waals surface area contributed by atoms with Gasteiger partial charge in [-0.15, -0.1) is 0 Å². The van der Waals surface area contributed by atoms with Gasteiger partial charge in [0, 0.05) is 6.42 Å². The Labute approximate surface area is 304 Å². The largest absolute Gasteiger partial charge is 0.508 e. The Morgan fingerprint density at radius 2 is 1.48 bits per heavy atom. The molecule has 0 aliphatic rings. The Bertz CT molecular complexity index is 1370. The molecule has 0 fully saturated rings. The lowest BCUT2D eigenvalue weighted by atomic mass is 9.97. The molecular weight excluding hydrogens is 676 g/mol. The van der Waals surface area contributed by atoms with Crippen molar-refractivity contribution in [2.45, 2.75) is 96.4 Å². The first-order valence-corrected chi connectivity index (χ1v) is 17.3. The zero-order valence-electron chi connectivity index (χ0n) is 30.4. The summed E-state index contributed by atoms with van der Waals surface area (Å²) in [6.45, 7) is 10.0. The summed E-state index contributed by atoms with van der Waals surface area (Å²) >= 11 is 0. The van der Waals surface area contributed by atoms with Crippen LogP contribution in [0.5, 0.6) is 5.75 Å². The van der Waals surface area contributed by atoms with E-state index < -0.39 is 84.6 Å². The van der Waals surface area contributed by atoms with E-state index in [0.29, 0.717) is 31.4 Å². The molecule has 0 saturated heterocycles. The normalized spacial score (nSPS) is 14.4. The molecule has 6 amide bonds. The van der Waals surface area contributed by atoms with Gasteiger partial charge < -0.3 is 53.6 Å². The number of esters is 1. The third-order valence-corrected chi connectivity index (χ3v) is 8.24. The minimum atomic E-state index is -1.53. The summed E-state index contributed by atoms with van der Waals surface area (Å²) in [6, 6.07) is 0.0749. The number of amides is 6. The first kappa shape index (κ1) is 45.0. The van der Waals surface area contributed by atoms with E-state index in [-0.39, 0.29) is 37.0 Å². The highest BCUT2D eigenvalue weighted by Crippen LogP contribution is 2.13. The van der Waals surface area contributed by atoms with E-state index in [2.05, 4.69) is 33.2 Å². The van der Waals surface area contributed by atoms with Crippen LogP contribution in [0, 0.1) is 11.8 Å². The second kappa shape index (κ2) is 23.4. The summed E-state index contributed by atoms with van der Waals surface area (Å²) in [7, 11) is 0. The molecule has 0 aromatic heterocycles. The second-order valence-corrected chi connectivity index (χ2v) is 12.8. The smallest absolute Gasteiger partial charge is 0.308 e. The average Bonchev–Trinajstić information content (AvgIpc) is 3.10. The van der Waals surface area contributed by atoms with Gasteiger partial charge in [0.1, 0.15) is 36.5 Å². The van der Waals surface area contributed by atoms with Crippen molar-refractivity contribution >= 4 is 41.4 Å². The van der Waals surface area contributed by atoms with E-state index in [1.54, 1.807) is 32.9 Å². The van der Waals surface area contributed by atoms with Gasteiger partial charge >= 0.3 is 5.97 Å². The highest BCUT2D eigenvalue weighted by molar-refractivity contribution is 5.96. The molecule has 0 aliphatic carbocycles. The van der Waals surface area contributed by atoms with E-state index in [4.69, 9.17) is 21.9 Å². The van der Waals surface area contributed by atoms with Gasteiger partial charge in [0.25, 0.3) is 0 Å².